The minimum atomic E-state index is -0.604. The number of Topliss-reactive ketones (excluding diaryl/α,β-unsaturated/α-hetero) is 1. The number of rotatable bonds is 5. The predicted octanol–water partition coefficient (Wildman–Crippen LogP) is 0.666. The Balaban J connectivity index is 2.69. The Labute approximate surface area is 100.0 Å². The number of aromatic nitrogens is 2. The highest BCUT2D eigenvalue weighted by Gasteiger charge is 2.20. The molecule has 1 heterocycles. The molecule has 1 N–H and O–H groups in total. The van der Waals surface area contributed by atoms with E-state index in [1.165, 1.54) is 7.11 Å². The molecule has 0 unspecified atom stereocenters. The van der Waals surface area contributed by atoms with Crippen molar-refractivity contribution in [1.82, 2.24) is 14.9 Å². The molecule has 0 fully saturated rings. The van der Waals surface area contributed by atoms with Crippen LogP contribution >= 0.6 is 0 Å². The molecule has 17 heavy (non-hydrogen) atoms. The first-order valence-electron chi connectivity index (χ1n) is 5.40. The van der Waals surface area contributed by atoms with Crippen molar-refractivity contribution in [3.8, 4) is 0 Å². The number of carbonyl (C=O) groups excluding carboxylic acids is 2. The van der Waals surface area contributed by atoms with E-state index in [4.69, 9.17) is 0 Å². The Kier molecular flexibility index (Phi) is 4.68. The summed E-state index contributed by atoms with van der Waals surface area (Å²) in [5.74, 6) is -0.0407. The van der Waals surface area contributed by atoms with Gasteiger partial charge in [0.1, 0.15) is 0 Å². The highest BCUT2D eigenvalue weighted by atomic mass is 16.5. The van der Waals surface area contributed by atoms with Gasteiger partial charge < -0.3 is 14.6 Å². The van der Waals surface area contributed by atoms with Gasteiger partial charge in [0.25, 0.3) is 0 Å². The third-order valence-electron chi connectivity index (χ3n) is 2.39. The summed E-state index contributed by atoms with van der Waals surface area (Å²) < 4.78 is 6.28. The van der Waals surface area contributed by atoms with Crippen molar-refractivity contribution in [2.75, 3.05) is 7.11 Å². The van der Waals surface area contributed by atoms with Crippen LogP contribution in [0.15, 0.2) is 12.5 Å². The minimum absolute atomic E-state index is 0.0407. The van der Waals surface area contributed by atoms with Gasteiger partial charge in [0, 0.05) is 26.1 Å². The van der Waals surface area contributed by atoms with Gasteiger partial charge in [-0.1, -0.05) is 6.92 Å². The second-order valence-corrected chi connectivity index (χ2v) is 3.74. The fourth-order valence-corrected chi connectivity index (χ4v) is 1.47. The molecule has 0 saturated heterocycles. The number of imidazole rings is 1. The molecule has 6 heteroatoms. The summed E-state index contributed by atoms with van der Waals surface area (Å²) in [4.78, 5) is 26.9. The zero-order chi connectivity index (χ0) is 12.8. The maximum Gasteiger partial charge on any atom is 0.407 e. The maximum absolute atomic E-state index is 11.7. The molecular formula is C11H17N3O3. The van der Waals surface area contributed by atoms with E-state index in [0.29, 0.717) is 12.8 Å². The molecule has 0 aliphatic rings. The molecule has 1 aromatic rings. The van der Waals surface area contributed by atoms with Gasteiger partial charge in [-0.25, -0.2) is 9.78 Å². The molecule has 1 amide bonds. The van der Waals surface area contributed by atoms with Crippen molar-refractivity contribution in [1.29, 1.82) is 0 Å². The summed E-state index contributed by atoms with van der Waals surface area (Å²) in [7, 11) is 3.12. The second-order valence-electron chi connectivity index (χ2n) is 3.74. The fourth-order valence-electron chi connectivity index (χ4n) is 1.47. The lowest BCUT2D eigenvalue weighted by atomic mass is 10.1. The molecule has 0 aliphatic carbocycles. The molecule has 94 valence electrons. The van der Waals surface area contributed by atoms with Crippen LogP contribution in [0.1, 0.15) is 19.0 Å². The van der Waals surface area contributed by atoms with Crippen LogP contribution in [0.3, 0.4) is 0 Å². The SMILES string of the molecule is CCC(=O)[C@H](Cc1cn(C)cn1)NC(=O)OC. The van der Waals surface area contributed by atoms with Crippen molar-refractivity contribution in [2.45, 2.75) is 25.8 Å². The number of ether oxygens (including phenoxy) is 1. The first-order valence-corrected chi connectivity index (χ1v) is 5.40. The third kappa shape index (κ3) is 3.90. The van der Waals surface area contributed by atoms with E-state index < -0.39 is 12.1 Å². The van der Waals surface area contributed by atoms with E-state index in [9.17, 15) is 9.59 Å². The van der Waals surface area contributed by atoms with E-state index in [0.717, 1.165) is 5.69 Å². The van der Waals surface area contributed by atoms with Gasteiger partial charge in [0.15, 0.2) is 5.78 Å². The van der Waals surface area contributed by atoms with E-state index >= 15 is 0 Å². The number of ketones is 1. The van der Waals surface area contributed by atoms with Gasteiger partial charge in [0.2, 0.25) is 0 Å². The fraction of sp³-hybridized carbons (Fsp3) is 0.545. The molecule has 6 nitrogen and oxygen atoms in total. The maximum atomic E-state index is 11.7. The number of methoxy groups -OCH3 is 1. The number of nitrogens with one attached hydrogen (secondary N) is 1. The molecule has 1 aromatic heterocycles. The summed E-state index contributed by atoms with van der Waals surface area (Å²) >= 11 is 0. The lowest BCUT2D eigenvalue weighted by molar-refractivity contribution is -0.120. The van der Waals surface area contributed by atoms with Crippen LogP contribution in [0.2, 0.25) is 0 Å². The zero-order valence-corrected chi connectivity index (χ0v) is 10.3. The lowest BCUT2D eigenvalue weighted by Crippen LogP contribution is -2.42. The molecule has 0 spiro atoms. The van der Waals surface area contributed by atoms with Gasteiger partial charge >= 0.3 is 6.09 Å². The lowest BCUT2D eigenvalue weighted by Gasteiger charge is -2.14. The quantitative estimate of drug-likeness (QED) is 0.819. The molecule has 0 bridgehead atoms. The average molecular weight is 239 g/mol. The average Bonchev–Trinajstić information content (AvgIpc) is 2.72. The number of nitrogens with zero attached hydrogens (tertiary/aromatic N) is 2. The molecule has 0 saturated carbocycles. The normalized spacial score (nSPS) is 11.9. The first-order chi connectivity index (χ1) is 8.06. The van der Waals surface area contributed by atoms with Gasteiger partial charge in [-0.05, 0) is 0 Å². The Bertz CT molecular complexity index is 400. The summed E-state index contributed by atoms with van der Waals surface area (Å²) in [6, 6.07) is -0.581. The molecule has 0 radical (unpaired) electrons. The number of amides is 1. The number of hydrogen-bond donors (Lipinski definition) is 1. The molecule has 0 aliphatic heterocycles. The van der Waals surface area contributed by atoms with E-state index in [1.54, 1.807) is 17.8 Å². The summed E-state index contributed by atoms with van der Waals surface area (Å²) in [6.45, 7) is 1.76. The minimum Gasteiger partial charge on any atom is -0.453 e. The zero-order valence-electron chi connectivity index (χ0n) is 10.3. The van der Waals surface area contributed by atoms with E-state index in [1.807, 2.05) is 13.2 Å². The summed E-state index contributed by atoms with van der Waals surface area (Å²) in [5, 5.41) is 2.52. The van der Waals surface area contributed by atoms with Crippen LogP contribution in [0.4, 0.5) is 4.79 Å². The third-order valence-corrected chi connectivity index (χ3v) is 2.39. The molecule has 0 aromatic carbocycles. The van der Waals surface area contributed by atoms with Crippen molar-refractivity contribution >= 4 is 11.9 Å². The number of carbonyl (C=O) groups is 2. The van der Waals surface area contributed by atoms with Crippen molar-refractivity contribution < 1.29 is 14.3 Å². The highest BCUT2D eigenvalue weighted by molar-refractivity contribution is 5.87. The van der Waals surface area contributed by atoms with Crippen LogP contribution < -0.4 is 5.32 Å². The number of alkyl carbamates (subject to hydrolysis) is 1. The topological polar surface area (TPSA) is 73.2 Å². The van der Waals surface area contributed by atoms with Crippen LogP contribution in [-0.2, 0) is 23.0 Å². The largest absolute Gasteiger partial charge is 0.453 e. The standard InChI is InChI=1S/C11H17N3O3/c1-4-10(15)9(13-11(16)17-3)5-8-6-14(2)7-12-8/h6-7,9H,4-5H2,1-3H3,(H,13,16)/t9-/m0/s1. The van der Waals surface area contributed by atoms with Crippen molar-refractivity contribution in [3.63, 3.8) is 0 Å². The summed E-state index contributed by atoms with van der Waals surface area (Å²) in [6.07, 6.45) is 3.60. The number of hydrogen-bond acceptors (Lipinski definition) is 4. The van der Waals surface area contributed by atoms with Crippen LogP contribution in [0.25, 0.3) is 0 Å². The van der Waals surface area contributed by atoms with Gasteiger partial charge in [-0.2, -0.15) is 0 Å². The number of aryl methyl sites for hydroxylation is 1. The van der Waals surface area contributed by atoms with Gasteiger partial charge in [0.05, 0.1) is 25.2 Å². The van der Waals surface area contributed by atoms with Crippen LogP contribution in [0.5, 0.6) is 0 Å². The van der Waals surface area contributed by atoms with Gasteiger partial charge in [-0.15, -0.1) is 0 Å². The van der Waals surface area contributed by atoms with Crippen LogP contribution in [0, 0.1) is 0 Å². The predicted molar refractivity (Wildman–Crippen MR) is 61.5 cm³/mol. The molecule has 1 rings (SSSR count). The van der Waals surface area contributed by atoms with Crippen molar-refractivity contribution in [3.05, 3.63) is 18.2 Å². The van der Waals surface area contributed by atoms with Gasteiger partial charge in [-0.3, -0.25) is 4.79 Å². The Morgan fingerprint density at radius 1 is 1.59 bits per heavy atom. The first kappa shape index (κ1) is 13.2. The summed E-state index contributed by atoms with van der Waals surface area (Å²) in [5.41, 5.74) is 0.760. The second kappa shape index (κ2) is 6.03. The smallest absolute Gasteiger partial charge is 0.407 e. The molecular weight excluding hydrogens is 222 g/mol. The van der Waals surface area contributed by atoms with Crippen LogP contribution in [-0.4, -0.2) is 34.6 Å². The molecule has 1 atom stereocenters. The van der Waals surface area contributed by atoms with E-state index in [2.05, 4.69) is 15.0 Å². The van der Waals surface area contributed by atoms with E-state index in [-0.39, 0.29) is 5.78 Å². The Morgan fingerprint density at radius 2 is 2.29 bits per heavy atom. The highest BCUT2D eigenvalue weighted by Crippen LogP contribution is 2.03. The monoisotopic (exact) mass is 239 g/mol. The van der Waals surface area contributed by atoms with Crippen molar-refractivity contribution in [2.24, 2.45) is 7.05 Å². The Morgan fingerprint density at radius 3 is 2.76 bits per heavy atom. The Hall–Kier alpha value is -1.85.